The maximum atomic E-state index is 13.5. The van der Waals surface area contributed by atoms with Crippen LogP contribution in [0, 0.1) is 0 Å². The molecule has 0 saturated carbocycles. The summed E-state index contributed by atoms with van der Waals surface area (Å²) < 4.78 is 6.03. The van der Waals surface area contributed by atoms with E-state index in [0.717, 1.165) is 27.8 Å². The fraction of sp³-hybridized carbons (Fsp3) is 0.120. The summed E-state index contributed by atoms with van der Waals surface area (Å²) in [6.45, 7) is 0.459. The number of aromatic nitrogens is 1. The molecule has 0 amide bonds. The fourth-order valence-electron chi connectivity index (χ4n) is 4.21. The summed E-state index contributed by atoms with van der Waals surface area (Å²) >= 11 is 0. The molecule has 0 bridgehead atoms. The van der Waals surface area contributed by atoms with Crippen molar-refractivity contribution in [1.82, 2.24) is 4.98 Å². The zero-order chi connectivity index (χ0) is 19.0. The molecule has 5 rings (SSSR count). The smallest absolute Gasteiger partial charge is 0.166 e. The number of hydrogen-bond acceptors (Lipinski definition) is 3. The van der Waals surface area contributed by atoms with Crippen molar-refractivity contribution >= 4 is 16.7 Å². The Morgan fingerprint density at radius 2 is 1.68 bits per heavy atom. The van der Waals surface area contributed by atoms with E-state index in [1.54, 1.807) is 6.20 Å². The lowest BCUT2D eigenvalue weighted by atomic mass is 9.72. The lowest BCUT2D eigenvalue weighted by Gasteiger charge is -2.28. The molecule has 0 fully saturated rings. The second-order valence-corrected chi connectivity index (χ2v) is 7.21. The summed E-state index contributed by atoms with van der Waals surface area (Å²) in [6.07, 6.45) is 2.07. The molecule has 0 saturated heterocycles. The third-order valence-corrected chi connectivity index (χ3v) is 5.60. The minimum Gasteiger partial charge on any atom is -0.492 e. The van der Waals surface area contributed by atoms with E-state index in [9.17, 15) is 4.79 Å². The van der Waals surface area contributed by atoms with E-state index in [4.69, 9.17) is 4.74 Å². The number of pyridine rings is 1. The number of carbonyl (C=O) groups is 1. The molecule has 3 heteroatoms. The number of carbonyl (C=O) groups excluding carboxylic acids is 1. The second-order valence-electron chi connectivity index (χ2n) is 7.21. The molecule has 1 aliphatic heterocycles. The first kappa shape index (κ1) is 16.7. The van der Waals surface area contributed by atoms with Crippen LogP contribution in [0.2, 0.25) is 0 Å². The molecule has 2 heterocycles. The van der Waals surface area contributed by atoms with Crippen LogP contribution in [0.3, 0.4) is 0 Å². The van der Waals surface area contributed by atoms with Crippen LogP contribution in [-0.4, -0.2) is 17.4 Å². The van der Waals surface area contributed by atoms with Crippen LogP contribution in [0.1, 0.15) is 27.9 Å². The molecule has 1 aliphatic rings. The highest BCUT2D eigenvalue weighted by atomic mass is 16.5. The predicted octanol–water partition coefficient (Wildman–Crippen LogP) is 5.19. The molecule has 3 nitrogen and oxygen atoms in total. The van der Waals surface area contributed by atoms with Crippen LogP contribution in [0.25, 0.3) is 10.9 Å². The summed E-state index contributed by atoms with van der Waals surface area (Å²) in [4.78, 5) is 18.0. The van der Waals surface area contributed by atoms with Crippen molar-refractivity contribution in [2.45, 2.75) is 11.8 Å². The summed E-state index contributed by atoms with van der Waals surface area (Å²) in [5.74, 6) is 0.934. The van der Waals surface area contributed by atoms with Gasteiger partial charge in [-0.1, -0.05) is 66.7 Å². The lowest BCUT2D eigenvalue weighted by Crippen LogP contribution is -2.32. The average molecular weight is 365 g/mol. The van der Waals surface area contributed by atoms with E-state index in [0.29, 0.717) is 18.6 Å². The molecule has 3 aromatic carbocycles. The van der Waals surface area contributed by atoms with Gasteiger partial charge < -0.3 is 4.74 Å². The van der Waals surface area contributed by atoms with E-state index >= 15 is 0 Å². The van der Waals surface area contributed by atoms with Crippen LogP contribution in [0.15, 0.2) is 91.1 Å². The minimum absolute atomic E-state index is 0.0773. The van der Waals surface area contributed by atoms with Crippen molar-refractivity contribution < 1.29 is 9.53 Å². The number of fused-ring (bicyclic) bond motifs is 2. The monoisotopic (exact) mass is 365 g/mol. The van der Waals surface area contributed by atoms with Crippen LogP contribution in [0.4, 0.5) is 0 Å². The number of ketones is 1. The van der Waals surface area contributed by atoms with Crippen LogP contribution in [0.5, 0.6) is 5.75 Å². The Morgan fingerprint density at radius 3 is 2.57 bits per heavy atom. The Labute approximate surface area is 163 Å². The van der Waals surface area contributed by atoms with E-state index in [1.807, 2.05) is 66.7 Å². The van der Waals surface area contributed by atoms with Gasteiger partial charge in [-0.3, -0.25) is 9.78 Å². The standard InChI is InChI=1S/C25H19NO2/c27-22(20-12-6-8-18-9-7-15-26-24(18)20)16-25(19-10-2-1-3-11-19)17-28-23-14-5-4-13-21(23)25/h1-15H,16-17H2/t25-/m0/s1. The maximum absolute atomic E-state index is 13.5. The summed E-state index contributed by atoms with van der Waals surface area (Å²) in [6, 6.07) is 27.9. The zero-order valence-electron chi connectivity index (χ0n) is 15.3. The van der Waals surface area contributed by atoms with Gasteiger partial charge in [0.1, 0.15) is 12.4 Å². The molecule has 4 aromatic rings. The highest BCUT2D eigenvalue weighted by Gasteiger charge is 2.44. The van der Waals surface area contributed by atoms with E-state index < -0.39 is 5.41 Å². The molecule has 0 radical (unpaired) electrons. The number of hydrogen-bond donors (Lipinski definition) is 0. The first-order valence-corrected chi connectivity index (χ1v) is 9.43. The van der Waals surface area contributed by atoms with Gasteiger partial charge in [-0.2, -0.15) is 0 Å². The Kier molecular flexibility index (Phi) is 3.94. The van der Waals surface area contributed by atoms with Gasteiger partial charge in [0.25, 0.3) is 0 Å². The van der Waals surface area contributed by atoms with E-state index in [1.165, 1.54) is 0 Å². The van der Waals surface area contributed by atoms with E-state index in [-0.39, 0.29) is 5.78 Å². The quantitative estimate of drug-likeness (QED) is 0.467. The van der Waals surface area contributed by atoms with Gasteiger partial charge >= 0.3 is 0 Å². The van der Waals surface area contributed by atoms with Crippen LogP contribution >= 0.6 is 0 Å². The third kappa shape index (κ3) is 2.59. The Hall–Kier alpha value is -3.46. The number of ether oxygens (including phenoxy) is 1. The molecule has 136 valence electrons. The molecule has 28 heavy (non-hydrogen) atoms. The van der Waals surface area contributed by atoms with Crippen molar-refractivity contribution in [3.8, 4) is 5.75 Å². The first-order valence-electron chi connectivity index (χ1n) is 9.43. The van der Waals surface area contributed by atoms with Crippen molar-refractivity contribution in [2.75, 3.05) is 6.61 Å². The van der Waals surface area contributed by atoms with Gasteiger partial charge in [0.15, 0.2) is 5.78 Å². The molecule has 0 N–H and O–H groups in total. The number of benzene rings is 3. The summed E-state index contributed by atoms with van der Waals surface area (Å²) in [5.41, 5.74) is 3.10. The van der Waals surface area contributed by atoms with Gasteiger partial charge in [-0.05, 0) is 23.8 Å². The highest BCUT2D eigenvalue weighted by Crippen LogP contribution is 2.46. The molecular formula is C25H19NO2. The lowest BCUT2D eigenvalue weighted by molar-refractivity contribution is 0.0952. The zero-order valence-corrected chi connectivity index (χ0v) is 15.3. The van der Waals surface area contributed by atoms with Crippen molar-refractivity contribution in [1.29, 1.82) is 0 Å². The van der Waals surface area contributed by atoms with Gasteiger partial charge in [0.05, 0.1) is 10.9 Å². The normalized spacial score (nSPS) is 17.9. The van der Waals surface area contributed by atoms with Gasteiger partial charge in [0.2, 0.25) is 0 Å². The molecule has 0 unspecified atom stereocenters. The summed E-state index contributed by atoms with van der Waals surface area (Å²) in [5, 5.41) is 0.977. The van der Waals surface area contributed by atoms with Crippen molar-refractivity contribution in [3.63, 3.8) is 0 Å². The van der Waals surface area contributed by atoms with Crippen molar-refractivity contribution in [3.05, 3.63) is 108 Å². The summed E-state index contributed by atoms with van der Waals surface area (Å²) in [7, 11) is 0. The third-order valence-electron chi connectivity index (χ3n) is 5.60. The Balaban J connectivity index is 1.63. The number of nitrogens with zero attached hydrogens (tertiary/aromatic N) is 1. The predicted molar refractivity (Wildman–Crippen MR) is 110 cm³/mol. The van der Waals surface area contributed by atoms with E-state index in [2.05, 4.69) is 23.2 Å². The van der Waals surface area contributed by atoms with Crippen LogP contribution in [-0.2, 0) is 5.41 Å². The molecule has 1 aromatic heterocycles. The van der Waals surface area contributed by atoms with Gasteiger partial charge in [0, 0.05) is 29.1 Å². The SMILES string of the molecule is O=C(C[C@@]1(c2ccccc2)COc2ccccc21)c1cccc2cccnc12. The molecule has 0 spiro atoms. The number of Topliss-reactive ketones (excluding diaryl/α,β-unsaturated/α-hetero) is 1. The minimum atomic E-state index is -0.494. The topological polar surface area (TPSA) is 39.2 Å². The largest absolute Gasteiger partial charge is 0.492 e. The maximum Gasteiger partial charge on any atom is 0.166 e. The van der Waals surface area contributed by atoms with Crippen molar-refractivity contribution in [2.24, 2.45) is 0 Å². The Bertz CT molecular complexity index is 1160. The first-order chi connectivity index (χ1) is 13.8. The number of rotatable bonds is 4. The molecular weight excluding hydrogens is 346 g/mol. The second kappa shape index (κ2) is 6.61. The highest BCUT2D eigenvalue weighted by molar-refractivity contribution is 6.07. The molecule has 0 aliphatic carbocycles. The average Bonchev–Trinajstić information content (AvgIpc) is 3.13. The van der Waals surface area contributed by atoms with Gasteiger partial charge in [-0.15, -0.1) is 0 Å². The Morgan fingerprint density at radius 1 is 0.893 bits per heavy atom. The molecule has 1 atom stereocenters. The van der Waals surface area contributed by atoms with Gasteiger partial charge in [-0.25, -0.2) is 0 Å². The fourth-order valence-corrected chi connectivity index (χ4v) is 4.21. The van der Waals surface area contributed by atoms with Crippen LogP contribution < -0.4 is 4.74 Å². The number of para-hydroxylation sites is 2.